The van der Waals surface area contributed by atoms with Crippen molar-refractivity contribution >= 4 is 21.8 Å². The summed E-state index contributed by atoms with van der Waals surface area (Å²) in [6.07, 6.45) is 2.57. The molecule has 0 aromatic heterocycles. The Bertz CT molecular complexity index is 477. The van der Waals surface area contributed by atoms with Gasteiger partial charge in [-0.25, -0.2) is 21.9 Å². The van der Waals surface area contributed by atoms with Gasteiger partial charge < -0.3 is 0 Å². The maximum atomic E-state index is 13.3. The van der Waals surface area contributed by atoms with E-state index in [1.165, 1.54) is 0 Å². The molecule has 0 unspecified atom stereocenters. The van der Waals surface area contributed by atoms with Crippen molar-refractivity contribution in [2.75, 3.05) is 18.6 Å². The highest BCUT2D eigenvalue weighted by molar-refractivity contribution is 7.98. The fraction of sp³-hybridized carbons (Fsp3) is 0.400. The lowest BCUT2D eigenvalue weighted by Gasteiger charge is -2.07. The van der Waals surface area contributed by atoms with Crippen molar-refractivity contribution in [2.45, 2.75) is 11.3 Å². The normalized spacial score (nSPS) is 11.7. The fourth-order valence-corrected chi connectivity index (χ4v) is 2.76. The number of thioether (sulfide) groups is 1. The third-order valence-electron chi connectivity index (χ3n) is 2.00. The molecular weight excluding hydrogens is 268 g/mol. The minimum absolute atomic E-state index is 0.236. The molecule has 0 saturated carbocycles. The lowest BCUT2D eigenvalue weighted by atomic mass is 10.3. The van der Waals surface area contributed by atoms with E-state index in [4.69, 9.17) is 0 Å². The lowest BCUT2D eigenvalue weighted by Crippen LogP contribution is -2.26. The van der Waals surface area contributed by atoms with Gasteiger partial charge in [-0.15, -0.1) is 0 Å². The van der Waals surface area contributed by atoms with Gasteiger partial charge in [-0.3, -0.25) is 0 Å². The Morgan fingerprint density at radius 1 is 1.35 bits per heavy atom. The first kappa shape index (κ1) is 14.4. The number of benzene rings is 1. The van der Waals surface area contributed by atoms with Gasteiger partial charge in [0, 0.05) is 12.6 Å². The standard InChI is InChI=1S/C10H13F2NO2S2/c1-16-6-2-5-13-17(14,15)10-4-3-8(11)7-9(10)12/h3-4,7,13H,2,5-6H2,1H3. The average Bonchev–Trinajstić information content (AvgIpc) is 2.24. The minimum Gasteiger partial charge on any atom is -0.211 e. The molecule has 1 rings (SSSR count). The van der Waals surface area contributed by atoms with Crippen LogP contribution >= 0.6 is 11.8 Å². The van der Waals surface area contributed by atoms with Gasteiger partial charge in [0.25, 0.3) is 0 Å². The molecular formula is C10H13F2NO2S2. The van der Waals surface area contributed by atoms with Crippen molar-refractivity contribution in [3.8, 4) is 0 Å². The first-order chi connectivity index (χ1) is 7.97. The summed E-state index contributed by atoms with van der Waals surface area (Å²) in [5.41, 5.74) is 0. The smallest absolute Gasteiger partial charge is 0.211 e. The number of halogens is 2. The maximum Gasteiger partial charge on any atom is 0.243 e. The topological polar surface area (TPSA) is 46.2 Å². The Labute approximate surface area is 104 Å². The lowest BCUT2D eigenvalue weighted by molar-refractivity contribution is 0.543. The van der Waals surface area contributed by atoms with Gasteiger partial charge in [0.05, 0.1) is 0 Å². The van der Waals surface area contributed by atoms with Crippen LogP contribution in [0.4, 0.5) is 8.78 Å². The largest absolute Gasteiger partial charge is 0.243 e. The molecule has 7 heteroatoms. The Balaban J connectivity index is 2.76. The molecule has 96 valence electrons. The van der Waals surface area contributed by atoms with Crippen molar-refractivity contribution < 1.29 is 17.2 Å². The molecule has 1 aromatic carbocycles. The summed E-state index contributed by atoms with van der Waals surface area (Å²) >= 11 is 1.59. The van der Waals surface area contributed by atoms with Gasteiger partial charge in [0.2, 0.25) is 10.0 Å². The predicted molar refractivity (Wildman–Crippen MR) is 64.5 cm³/mol. The van der Waals surface area contributed by atoms with Crippen LogP contribution in [0, 0.1) is 11.6 Å². The van der Waals surface area contributed by atoms with Crippen LogP contribution in [-0.4, -0.2) is 27.0 Å². The highest BCUT2D eigenvalue weighted by Gasteiger charge is 2.18. The van der Waals surface area contributed by atoms with E-state index in [1.807, 2.05) is 6.26 Å². The number of sulfonamides is 1. The van der Waals surface area contributed by atoms with Crippen molar-refractivity contribution in [3.63, 3.8) is 0 Å². The predicted octanol–water partition coefficient (Wildman–Crippen LogP) is 2.00. The molecule has 1 aromatic rings. The summed E-state index contributed by atoms with van der Waals surface area (Å²) in [5, 5.41) is 0. The zero-order chi connectivity index (χ0) is 12.9. The Kier molecular flexibility index (Phi) is 5.35. The molecule has 0 saturated heterocycles. The number of rotatable bonds is 6. The van der Waals surface area contributed by atoms with Crippen LogP contribution in [0.15, 0.2) is 23.1 Å². The van der Waals surface area contributed by atoms with Gasteiger partial charge in [-0.1, -0.05) is 0 Å². The Hall–Kier alpha value is -0.660. The summed E-state index contributed by atoms with van der Waals surface area (Å²) in [5.74, 6) is -1.07. The van der Waals surface area contributed by atoms with Gasteiger partial charge in [-0.2, -0.15) is 11.8 Å². The number of hydrogen-bond donors (Lipinski definition) is 1. The molecule has 0 bridgehead atoms. The number of hydrogen-bond acceptors (Lipinski definition) is 3. The summed E-state index contributed by atoms with van der Waals surface area (Å²) in [4.78, 5) is -0.525. The molecule has 0 aliphatic heterocycles. The zero-order valence-electron chi connectivity index (χ0n) is 9.24. The maximum absolute atomic E-state index is 13.3. The van der Waals surface area contributed by atoms with Crippen molar-refractivity contribution in [3.05, 3.63) is 29.8 Å². The molecule has 0 amide bonds. The molecule has 0 radical (unpaired) electrons. The van der Waals surface area contributed by atoms with Gasteiger partial charge in [0.1, 0.15) is 16.5 Å². The highest BCUT2D eigenvalue weighted by atomic mass is 32.2. The van der Waals surface area contributed by atoms with Crippen molar-refractivity contribution in [1.82, 2.24) is 4.72 Å². The SMILES string of the molecule is CSCCCNS(=O)(=O)c1ccc(F)cc1F. The second-order valence-corrected chi connectivity index (χ2v) is 6.04. The third-order valence-corrected chi connectivity index (χ3v) is 4.19. The van der Waals surface area contributed by atoms with E-state index < -0.39 is 26.6 Å². The fourth-order valence-electron chi connectivity index (χ4n) is 1.19. The molecule has 0 fully saturated rings. The zero-order valence-corrected chi connectivity index (χ0v) is 10.9. The molecule has 0 aliphatic carbocycles. The van der Waals surface area contributed by atoms with E-state index in [2.05, 4.69) is 4.72 Å². The Morgan fingerprint density at radius 3 is 2.65 bits per heavy atom. The molecule has 0 heterocycles. The van der Waals surface area contributed by atoms with E-state index in [1.54, 1.807) is 11.8 Å². The van der Waals surface area contributed by atoms with E-state index in [-0.39, 0.29) is 6.54 Å². The van der Waals surface area contributed by atoms with Gasteiger partial charge in [0.15, 0.2) is 0 Å². The van der Waals surface area contributed by atoms with Crippen LogP contribution in [0.25, 0.3) is 0 Å². The van der Waals surface area contributed by atoms with Crippen LogP contribution in [0.5, 0.6) is 0 Å². The van der Waals surface area contributed by atoms with Crippen LogP contribution in [0.2, 0.25) is 0 Å². The van der Waals surface area contributed by atoms with Crippen molar-refractivity contribution in [2.24, 2.45) is 0 Å². The van der Waals surface area contributed by atoms with E-state index in [0.717, 1.165) is 17.9 Å². The molecule has 0 aliphatic rings. The summed E-state index contributed by atoms with van der Waals surface area (Å²) in [6.45, 7) is 0.236. The van der Waals surface area contributed by atoms with Crippen LogP contribution in [0.3, 0.4) is 0 Å². The summed E-state index contributed by atoms with van der Waals surface area (Å²) < 4.78 is 51.4. The Morgan fingerprint density at radius 2 is 2.06 bits per heavy atom. The van der Waals surface area contributed by atoms with Crippen LogP contribution < -0.4 is 4.72 Å². The van der Waals surface area contributed by atoms with E-state index in [9.17, 15) is 17.2 Å². The average molecular weight is 281 g/mol. The summed E-state index contributed by atoms with van der Waals surface area (Å²) in [7, 11) is -3.89. The molecule has 1 N–H and O–H groups in total. The van der Waals surface area contributed by atoms with E-state index >= 15 is 0 Å². The second-order valence-electron chi connectivity index (χ2n) is 3.32. The first-order valence-electron chi connectivity index (χ1n) is 4.91. The molecule has 0 spiro atoms. The number of nitrogens with one attached hydrogen (secondary N) is 1. The minimum atomic E-state index is -3.89. The molecule has 0 atom stereocenters. The van der Waals surface area contributed by atoms with Gasteiger partial charge in [-0.05, 0) is 30.6 Å². The van der Waals surface area contributed by atoms with E-state index in [0.29, 0.717) is 12.5 Å². The third kappa shape index (κ3) is 4.25. The molecule has 3 nitrogen and oxygen atoms in total. The van der Waals surface area contributed by atoms with Gasteiger partial charge >= 0.3 is 0 Å². The van der Waals surface area contributed by atoms with Crippen molar-refractivity contribution in [1.29, 1.82) is 0 Å². The quantitative estimate of drug-likeness (QED) is 0.811. The summed E-state index contributed by atoms with van der Waals surface area (Å²) in [6, 6.07) is 2.39. The molecule has 17 heavy (non-hydrogen) atoms. The highest BCUT2D eigenvalue weighted by Crippen LogP contribution is 2.15. The van der Waals surface area contributed by atoms with Crippen LogP contribution in [0.1, 0.15) is 6.42 Å². The first-order valence-corrected chi connectivity index (χ1v) is 7.79. The van der Waals surface area contributed by atoms with Crippen LogP contribution in [-0.2, 0) is 10.0 Å². The second kappa shape index (κ2) is 6.32. The monoisotopic (exact) mass is 281 g/mol.